The van der Waals surface area contributed by atoms with Crippen LogP contribution >= 0.6 is 0 Å². The number of carbonyl (C=O) groups excluding carboxylic acids is 1. The van der Waals surface area contributed by atoms with Crippen molar-refractivity contribution in [2.45, 2.75) is 25.2 Å². The van der Waals surface area contributed by atoms with Gasteiger partial charge in [0, 0.05) is 12.3 Å². The second kappa shape index (κ2) is 4.27. The molecular weight excluding hydrogens is 186 g/mol. The van der Waals surface area contributed by atoms with Crippen LogP contribution in [-0.2, 0) is 4.79 Å². The fourth-order valence-corrected chi connectivity index (χ4v) is 1.70. The number of rotatable bonds is 4. The summed E-state index contributed by atoms with van der Waals surface area (Å²) < 4.78 is 0. The van der Waals surface area contributed by atoms with Crippen LogP contribution in [0.15, 0.2) is 30.3 Å². The van der Waals surface area contributed by atoms with Crippen LogP contribution in [0, 0.1) is 17.2 Å². The normalized spacial score (nSPS) is 16.7. The van der Waals surface area contributed by atoms with Crippen LogP contribution in [0.4, 0.5) is 0 Å². The average molecular weight is 199 g/mol. The molecule has 2 rings (SSSR count). The lowest BCUT2D eigenvalue weighted by molar-refractivity contribution is -0.120. The van der Waals surface area contributed by atoms with Gasteiger partial charge in [-0.25, -0.2) is 0 Å². The Hall–Kier alpha value is -1.62. The van der Waals surface area contributed by atoms with E-state index in [1.807, 2.05) is 30.3 Å². The minimum atomic E-state index is -0.265. The summed E-state index contributed by atoms with van der Waals surface area (Å²) in [6, 6.07) is 11.8. The summed E-state index contributed by atoms with van der Waals surface area (Å²) in [6.07, 6.45) is 2.42. The average Bonchev–Trinajstić information content (AvgIpc) is 3.10. The molecule has 0 heterocycles. The highest BCUT2D eigenvalue weighted by atomic mass is 16.1. The Morgan fingerprint density at radius 1 is 1.40 bits per heavy atom. The molecule has 0 unspecified atom stereocenters. The maximum absolute atomic E-state index is 11.6. The number of nitriles is 1. The van der Waals surface area contributed by atoms with E-state index in [0.29, 0.717) is 6.42 Å². The molecule has 0 radical (unpaired) electrons. The quantitative estimate of drug-likeness (QED) is 0.748. The molecule has 1 atom stereocenters. The third kappa shape index (κ3) is 2.44. The minimum Gasteiger partial charge on any atom is -0.299 e. The summed E-state index contributed by atoms with van der Waals surface area (Å²) in [5, 5.41) is 9.03. The van der Waals surface area contributed by atoms with Crippen LogP contribution < -0.4 is 0 Å². The standard InChI is InChI=1S/C13H13NO/c14-9-12(8-13(15)11-6-7-11)10-4-2-1-3-5-10/h1-5,11-12H,6-8H2/t12-/m0/s1. The molecule has 0 bridgehead atoms. The lowest BCUT2D eigenvalue weighted by Crippen LogP contribution is -2.07. The van der Waals surface area contributed by atoms with E-state index in [9.17, 15) is 4.79 Å². The van der Waals surface area contributed by atoms with Gasteiger partial charge in [-0.05, 0) is 18.4 Å². The van der Waals surface area contributed by atoms with Gasteiger partial charge in [0.05, 0.1) is 12.0 Å². The van der Waals surface area contributed by atoms with E-state index in [4.69, 9.17) is 5.26 Å². The van der Waals surface area contributed by atoms with E-state index in [2.05, 4.69) is 6.07 Å². The van der Waals surface area contributed by atoms with Crippen LogP contribution in [0.25, 0.3) is 0 Å². The Morgan fingerprint density at radius 3 is 2.60 bits per heavy atom. The largest absolute Gasteiger partial charge is 0.299 e. The van der Waals surface area contributed by atoms with Crippen LogP contribution in [-0.4, -0.2) is 5.78 Å². The Kier molecular flexibility index (Phi) is 2.82. The van der Waals surface area contributed by atoms with Gasteiger partial charge in [-0.1, -0.05) is 30.3 Å². The van der Waals surface area contributed by atoms with Gasteiger partial charge >= 0.3 is 0 Å². The maximum atomic E-state index is 11.6. The molecule has 1 aromatic rings. The van der Waals surface area contributed by atoms with Crippen LogP contribution in [0.1, 0.15) is 30.7 Å². The van der Waals surface area contributed by atoms with Crippen molar-refractivity contribution in [3.8, 4) is 6.07 Å². The Balaban J connectivity index is 2.05. The first-order valence-electron chi connectivity index (χ1n) is 5.28. The molecule has 15 heavy (non-hydrogen) atoms. The van der Waals surface area contributed by atoms with Gasteiger partial charge in [0.15, 0.2) is 0 Å². The Bertz CT molecular complexity index is 387. The molecule has 0 saturated heterocycles. The number of carbonyl (C=O) groups is 1. The Morgan fingerprint density at radius 2 is 2.07 bits per heavy atom. The van der Waals surface area contributed by atoms with Gasteiger partial charge in [0.25, 0.3) is 0 Å². The van der Waals surface area contributed by atoms with Crippen molar-refractivity contribution in [2.24, 2.45) is 5.92 Å². The van der Waals surface area contributed by atoms with Crippen LogP contribution in [0.3, 0.4) is 0 Å². The topological polar surface area (TPSA) is 40.9 Å². The molecule has 2 nitrogen and oxygen atoms in total. The fraction of sp³-hybridized carbons (Fsp3) is 0.385. The molecule has 1 aliphatic carbocycles. The summed E-state index contributed by atoms with van der Waals surface area (Å²) in [4.78, 5) is 11.6. The third-order valence-electron chi connectivity index (χ3n) is 2.80. The number of ketones is 1. The highest BCUT2D eigenvalue weighted by Crippen LogP contribution is 2.33. The number of hydrogen-bond donors (Lipinski definition) is 0. The molecule has 0 aliphatic heterocycles. The number of Topliss-reactive ketones (excluding diaryl/α,β-unsaturated/α-hetero) is 1. The fourth-order valence-electron chi connectivity index (χ4n) is 1.70. The first kappa shape index (κ1) is 9.92. The second-order valence-electron chi connectivity index (χ2n) is 4.04. The molecule has 0 aromatic heterocycles. The SMILES string of the molecule is N#C[C@H](CC(=O)C1CC1)c1ccccc1. The summed E-state index contributed by atoms with van der Waals surface area (Å²) in [5.41, 5.74) is 0.953. The first-order chi connectivity index (χ1) is 7.31. The van der Waals surface area contributed by atoms with Gasteiger partial charge in [0.2, 0.25) is 0 Å². The number of nitrogens with zero attached hydrogens (tertiary/aromatic N) is 1. The molecule has 0 amide bonds. The third-order valence-corrected chi connectivity index (χ3v) is 2.80. The molecule has 1 aliphatic rings. The second-order valence-corrected chi connectivity index (χ2v) is 4.04. The Labute approximate surface area is 89.5 Å². The lowest BCUT2D eigenvalue weighted by Gasteiger charge is -2.07. The smallest absolute Gasteiger partial charge is 0.137 e. The van der Waals surface area contributed by atoms with Gasteiger partial charge < -0.3 is 0 Å². The summed E-state index contributed by atoms with van der Waals surface area (Å²) >= 11 is 0. The molecule has 2 heteroatoms. The van der Waals surface area contributed by atoms with E-state index in [0.717, 1.165) is 18.4 Å². The molecule has 76 valence electrons. The maximum Gasteiger partial charge on any atom is 0.137 e. The zero-order chi connectivity index (χ0) is 10.7. The number of hydrogen-bond acceptors (Lipinski definition) is 2. The van der Waals surface area contributed by atoms with Gasteiger partial charge in [-0.2, -0.15) is 5.26 Å². The summed E-state index contributed by atoms with van der Waals surface area (Å²) in [5.74, 6) is 0.245. The van der Waals surface area contributed by atoms with Crippen molar-refractivity contribution in [2.75, 3.05) is 0 Å². The van der Waals surface area contributed by atoms with E-state index < -0.39 is 0 Å². The molecule has 1 saturated carbocycles. The van der Waals surface area contributed by atoms with Gasteiger partial charge in [-0.15, -0.1) is 0 Å². The van der Waals surface area contributed by atoms with E-state index in [1.165, 1.54) is 0 Å². The molecule has 1 fully saturated rings. The van der Waals surface area contributed by atoms with E-state index >= 15 is 0 Å². The van der Waals surface area contributed by atoms with Gasteiger partial charge in [-0.3, -0.25) is 4.79 Å². The zero-order valence-electron chi connectivity index (χ0n) is 8.52. The van der Waals surface area contributed by atoms with Crippen molar-refractivity contribution in [3.63, 3.8) is 0 Å². The van der Waals surface area contributed by atoms with Crippen LogP contribution in [0.2, 0.25) is 0 Å². The first-order valence-corrected chi connectivity index (χ1v) is 5.28. The minimum absolute atomic E-state index is 0.254. The van der Waals surface area contributed by atoms with Crippen LogP contribution in [0.5, 0.6) is 0 Å². The molecule has 1 aromatic carbocycles. The summed E-state index contributed by atoms with van der Waals surface area (Å²) in [7, 11) is 0. The zero-order valence-corrected chi connectivity index (χ0v) is 8.52. The molecular formula is C13H13NO. The molecule has 0 spiro atoms. The van der Waals surface area contributed by atoms with Gasteiger partial charge in [0.1, 0.15) is 5.78 Å². The molecule has 0 N–H and O–H groups in total. The predicted molar refractivity (Wildman–Crippen MR) is 57.1 cm³/mol. The highest BCUT2D eigenvalue weighted by Gasteiger charge is 2.31. The van der Waals surface area contributed by atoms with E-state index in [1.54, 1.807) is 0 Å². The van der Waals surface area contributed by atoms with Crippen molar-refractivity contribution in [1.29, 1.82) is 5.26 Å². The van der Waals surface area contributed by atoms with Crippen molar-refractivity contribution in [3.05, 3.63) is 35.9 Å². The predicted octanol–water partition coefficient (Wildman–Crippen LogP) is 2.66. The monoisotopic (exact) mass is 199 g/mol. The number of benzene rings is 1. The lowest BCUT2D eigenvalue weighted by atomic mass is 9.94. The highest BCUT2D eigenvalue weighted by molar-refractivity contribution is 5.84. The van der Waals surface area contributed by atoms with Crippen molar-refractivity contribution >= 4 is 5.78 Å². The summed E-state index contributed by atoms with van der Waals surface area (Å²) in [6.45, 7) is 0. The van der Waals surface area contributed by atoms with Crippen molar-refractivity contribution in [1.82, 2.24) is 0 Å². The van der Waals surface area contributed by atoms with E-state index in [-0.39, 0.29) is 17.6 Å². The van der Waals surface area contributed by atoms with Crippen molar-refractivity contribution < 1.29 is 4.79 Å².